The van der Waals surface area contributed by atoms with Gasteiger partial charge in [0.05, 0.1) is 10.6 Å². The Morgan fingerprint density at radius 2 is 1.72 bits per heavy atom. The number of carbonyl (C=O) groups is 1. The number of hydrogen-bond acceptors (Lipinski definition) is 3. The second-order valence-corrected chi connectivity index (χ2v) is 8.01. The molecule has 0 fully saturated rings. The maximum absolute atomic E-state index is 13.2. The van der Waals surface area contributed by atoms with Crippen molar-refractivity contribution >= 4 is 33.4 Å². The number of rotatable bonds is 6. The van der Waals surface area contributed by atoms with Gasteiger partial charge in [-0.2, -0.15) is 0 Å². The lowest BCUT2D eigenvalue weighted by atomic mass is 10.2. The molecule has 29 heavy (non-hydrogen) atoms. The largest absolute Gasteiger partial charge is 0.322 e. The highest BCUT2D eigenvalue weighted by Crippen LogP contribution is 2.23. The minimum atomic E-state index is -3.74. The van der Waals surface area contributed by atoms with Crippen LogP contribution in [-0.2, 0) is 14.8 Å². The van der Waals surface area contributed by atoms with Crippen molar-refractivity contribution in [2.45, 2.75) is 11.8 Å². The zero-order valence-corrected chi connectivity index (χ0v) is 16.4. The monoisotopic (exact) mass is 410 g/mol. The summed E-state index contributed by atoms with van der Waals surface area (Å²) in [5.41, 5.74) is 2.05. The zero-order valence-electron chi connectivity index (χ0n) is 15.6. The highest BCUT2D eigenvalue weighted by atomic mass is 32.2. The van der Waals surface area contributed by atoms with Crippen LogP contribution in [0, 0.1) is 12.7 Å². The van der Waals surface area contributed by atoms with Crippen LogP contribution in [-0.4, -0.2) is 14.3 Å². The van der Waals surface area contributed by atoms with E-state index in [1.165, 1.54) is 36.4 Å². The molecule has 7 heteroatoms. The normalized spacial score (nSPS) is 11.4. The molecule has 0 saturated carbocycles. The molecule has 0 bridgehead atoms. The number of amides is 1. The van der Waals surface area contributed by atoms with Crippen molar-refractivity contribution in [2.24, 2.45) is 0 Å². The van der Waals surface area contributed by atoms with Gasteiger partial charge < -0.3 is 5.32 Å². The van der Waals surface area contributed by atoms with E-state index < -0.39 is 15.9 Å². The van der Waals surface area contributed by atoms with E-state index in [0.29, 0.717) is 22.5 Å². The second kappa shape index (κ2) is 8.70. The molecule has 0 spiro atoms. The van der Waals surface area contributed by atoms with Crippen molar-refractivity contribution in [2.75, 3.05) is 10.0 Å². The van der Waals surface area contributed by atoms with Gasteiger partial charge in [-0.15, -0.1) is 0 Å². The predicted octanol–water partition coefficient (Wildman–Crippen LogP) is 4.59. The number of benzene rings is 3. The molecule has 148 valence electrons. The van der Waals surface area contributed by atoms with Crippen molar-refractivity contribution in [3.63, 3.8) is 0 Å². The third kappa shape index (κ3) is 5.52. The summed E-state index contributed by atoms with van der Waals surface area (Å²) >= 11 is 0. The topological polar surface area (TPSA) is 75.3 Å². The van der Waals surface area contributed by atoms with E-state index in [4.69, 9.17) is 0 Å². The third-order valence-electron chi connectivity index (χ3n) is 4.08. The first-order valence-corrected chi connectivity index (χ1v) is 10.2. The van der Waals surface area contributed by atoms with Crippen molar-refractivity contribution in [3.05, 3.63) is 95.8 Å². The van der Waals surface area contributed by atoms with Crippen LogP contribution in [0.25, 0.3) is 6.08 Å². The van der Waals surface area contributed by atoms with E-state index in [9.17, 15) is 17.6 Å². The second-order valence-electron chi connectivity index (χ2n) is 6.33. The Balaban J connectivity index is 1.74. The van der Waals surface area contributed by atoms with Crippen LogP contribution in [0.15, 0.2) is 83.8 Å². The summed E-state index contributed by atoms with van der Waals surface area (Å²) in [5, 5.41) is 2.67. The van der Waals surface area contributed by atoms with Gasteiger partial charge >= 0.3 is 0 Å². The van der Waals surface area contributed by atoms with Gasteiger partial charge in [0, 0.05) is 11.8 Å². The lowest BCUT2D eigenvalue weighted by Gasteiger charge is -2.12. The van der Waals surface area contributed by atoms with Gasteiger partial charge in [0.2, 0.25) is 5.91 Å². The van der Waals surface area contributed by atoms with Gasteiger partial charge in [-0.05, 0) is 60.5 Å². The number of halogens is 1. The highest BCUT2D eigenvalue weighted by Gasteiger charge is 2.15. The minimum Gasteiger partial charge on any atom is -0.322 e. The molecule has 3 aromatic carbocycles. The SMILES string of the molecule is Cc1ccc(NC(=O)C=Cc2cccc(F)c2)cc1NS(=O)(=O)c1ccccc1. The van der Waals surface area contributed by atoms with Gasteiger partial charge in [0.1, 0.15) is 5.82 Å². The molecule has 0 aromatic heterocycles. The fraction of sp³-hybridized carbons (Fsp3) is 0.0455. The van der Waals surface area contributed by atoms with Crippen LogP contribution < -0.4 is 10.0 Å². The fourth-order valence-electron chi connectivity index (χ4n) is 2.58. The Kier molecular flexibility index (Phi) is 6.09. The summed E-state index contributed by atoms with van der Waals surface area (Å²) in [4.78, 5) is 12.3. The number of hydrogen-bond donors (Lipinski definition) is 2. The van der Waals surface area contributed by atoms with Gasteiger partial charge in [-0.3, -0.25) is 9.52 Å². The van der Waals surface area contributed by atoms with Crippen LogP contribution in [0.4, 0.5) is 15.8 Å². The molecule has 0 heterocycles. The molecule has 0 unspecified atom stereocenters. The standard InChI is InChI=1S/C22H19FN2O3S/c1-16-10-12-19(24-22(26)13-11-17-6-5-7-18(23)14-17)15-21(16)25-29(27,28)20-8-3-2-4-9-20/h2-15,25H,1H3,(H,24,26). The summed E-state index contributed by atoms with van der Waals surface area (Å²) in [6.45, 7) is 1.76. The highest BCUT2D eigenvalue weighted by molar-refractivity contribution is 7.92. The molecule has 3 aromatic rings. The van der Waals surface area contributed by atoms with Crippen LogP contribution in [0.1, 0.15) is 11.1 Å². The Morgan fingerprint density at radius 3 is 2.45 bits per heavy atom. The van der Waals surface area contributed by atoms with E-state index in [-0.39, 0.29) is 10.7 Å². The molecule has 0 aliphatic carbocycles. The lowest BCUT2D eigenvalue weighted by Crippen LogP contribution is -2.14. The average molecular weight is 410 g/mol. The summed E-state index contributed by atoms with van der Waals surface area (Å²) in [6, 6.07) is 18.8. The number of aryl methyl sites for hydroxylation is 1. The summed E-state index contributed by atoms with van der Waals surface area (Å²) in [7, 11) is -3.74. The summed E-state index contributed by atoms with van der Waals surface area (Å²) in [5.74, 6) is -0.809. The van der Waals surface area contributed by atoms with E-state index in [1.807, 2.05) is 0 Å². The van der Waals surface area contributed by atoms with Gasteiger partial charge in [-0.25, -0.2) is 12.8 Å². The van der Waals surface area contributed by atoms with E-state index in [1.54, 1.807) is 55.5 Å². The van der Waals surface area contributed by atoms with Crippen molar-refractivity contribution < 1.29 is 17.6 Å². The maximum atomic E-state index is 13.2. The van der Waals surface area contributed by atoms with E-state index in [2.05, 4.69) is 10.0 Å². The molecule has 0 radical (unpaired) electrons. The molecule has 1 amide bonds. The first kappa shape index (κ1) is 20.3. The number of sulfonamides is 1. The van der Waals surface area contributed by atoms with Crippen LogP contribution in [0.3, 0.4) is 0 Å². The number of nitrogens with one attached hydrogen (secondary N) is 2. The molecular weight excluding hydrogens is 391 g/mol. The third-order valence-corrected chi connectivity index (χ3v) is 5.46. The molecule has 5 nitrogen and oxygen atoms in total. The van der Waals surface area contributed by atoms with E-state index in [0.717, 1.165) is 0 Å². The first-order valence-electron chi connectivity index (χ1n) is 8.77. The molecule has 3 rings (SSSR count). The average Bonchev–Trinajstić information content (AvgIpc) is 2.69. The number of anilines is 2. The Hall–Kier alpha value is -3.45. The van der Waals surface area contributed by atoms with E-state index >= 15 is 0 Å². The summed E-state index contributed by atoms with van der Waals surface area (Å²) < 4.78 is 40.8. The van der Waals surface area contributed by atoms with Crippen molar-refractivity contribution in [1.82, 2.24) is 0 Å². The maximum Gasteiger partial charge on any atom is 0.261 e. The van der Waals surface area contributed by atoms with Gasteiger partial charge in [0.25, 0.3) is 10.0 Å². The van der Waals surface area contributed by atoms with Gasteiger partial charge in [-0.1, -0.05) is 36.4 Å². The van der Waals surface area contributed by atoms with Crippen LogP contribution in [0.2, 0.25) is 0 Å². The molecular formula is C22H19FN2O3S. The number of carbonyl (C=O) groups excluding carboxylic acids is 1. The molecule has 0 aliphatic heterocycles. The Labute approximate surface area is 169 Å². The van der Waals surface area contributed by atoms with Crippen LogP contribution >= 0.6 is 0 Å². The fourth-order valence-corrected chi connectivity index (χ4v) is 3.72. The smallest absolute Gasteiger partial charge is 0.261 e. The molecule has 0 aliphatic rings. The zero-order chi connectivity index (χ0) is 20.9. The Bertz CT molecular complexity index is 1160. The predicted molar refractivity (Wildman–Crippen MR) is 112 cm³/mol. The van der Waals surface area contributed by atoms with Crippen molar-refractivity contribution in [1.29, 1.82) is 0 Å². The van der Waals surface area contributed by atoms with Gasteiger partial charge in [0.15, 0.2) is 0 Å². The Morgan fingerprint density at radius 1 is 0.966 bits per heavy atom. The quantitative estimate of drug-likeness (QED) is 0.584. The molecule has 0 atom stereocenters. The summed E-state index contributed by atoms with van der Waals surface area (Å²) in [6.07, 6.45) is 2.77. The molecule has 2 N–H and O–H groups in total. The molecule has 0 saturated heterocycles. The lowest BCUT2D eigenvalue weighted by molar-refractivity contribution is -0.111. The van der Waals surface area contributed by atoms with Crippen molar-refractivity contribution in [3.8, 4) is 0 Å². The van der Waals surface area contributed by atoms with Crippen LogP contribution in [0.5, 0.6) is 0 Å². The minimum absolute atomic E-state index is 0.145. The first-order chi connectivity index (χ1) is 13.8.